The Morgan fingerprint density at radius 1 is 1.00 bits per heavy atom. The lowest BCUT2D eigenvalue weighted by Gasteiger charge is -2.49. The molecule has 3 aliphatic rings. The molecule has 0 amide bonds. The van der Waals surface area contributed by atoms with Gasteiger partial charge in [-0.2, -0.15) is 0 Å². The number of allylic oxidation sites excluding steroid dienone is 1. The number of carbonyl (C=O) groups excluding carboxylic acids is 2. The summed E-state index contributed by atoms with van der Waals surface area (Å²) in [5.41, 5.74) is 6.46. The monoisotopic (exact) mass is 637 g/mol. The third-order valence-electron chi connectivity index (χ3n) is 9.53. The molecule has 242 valence electrons. The van der Waals surface area contributed by atoms with Crippen molar-refractivity contribution in [1.29, 1.82) is 0 Å². The highest BCUT2D eigenvalue weighted by Gasteiger charge is 2.64. The smallest absolute Gasteiger partial charge is 0.265 e. The zero-order valence-corrected chi connectivity index (χ0v) is 26.2. The van der Waals surface area contributed by atoms with Crippen molar-refractivity contribution in [3.63, 3.8) is 0 Å². The van der Waals surface area contributed by atoms with Gasteiger partial charge >= 0.3 is 0 Å². The fraction of sp³-hybridized carbons (Fsp3) is 0.306. The van der Waals surface area contributed by atoms with Crippen LogP contribution >= 0.6 is 0 Å². The van der Waals surface area contributed by atoms with Crippen molar-refractivity contribution in [2.45, 2.75) is 37.7 Å². The summed E-state index contributed by atoms with van der Waals surface area (Å²) >= 11 is 0. The number of anilines is 1. The van der Waals surface area contributed by atoms with Gasteiger partial charge in [-0.15, -0.1) is 0 Å². The number of ketones is 2. The van der Waals surface area contributed by atoms with Crippen LogP contribution in [0.2, 0.25) is 0 Å². The summed E-state index contributed by atoms with van der Waals surface area (Å²) in [4.78, 5) is 30.6. The van der Waals surface area contributed by atoms with E-state index in [2.05, 4.69) is 5.16 Å². The number of nitrogens with two attached hydrogens (primary N) is 1. The number of nitrogens with zero attached hydrogens (tertiary/aromatic N) is 2. The lowest BCUT2D eigenvalue weighted by Crippen LogP contribution is -2.59. The van der Waals surface area contributed by atoms with E-state index in [1.54, 1.807) is 25.1 Å². The first-order valence-corrected chi connectivity index (χ1v) is 15.4. The average Bonchev–Trinajstić information content (AvgIpc) is 3.49. The number of Topliss-reactive ketones (excluding diaryl/α,β-unsaturated/α-hetero) is 2. The molecule has 4 N–H and O–H groups in total. The van der Waals surface area contributed by atoms with Gasteiger partial charge in [-0.1, -0.05) is 60.7 Å². The van der Waals surface area contributed by atoms with Gasteiger partial charge in [-0.3, -0.25) is 14.5 Å². The Labute approximate surface area is 271 Å². The van der Waals surface area contributed by atoms with E-state index in [4.69, 9.17) is 24.5 Å². The van der Waals surface area contributed by atoms with Crippen LogP contribution in [0.5, 0.6) is 17.4 Å². The summed E-state index contributed by atoms with van der Waals surface area (Å²) in [7, 11) is 5.08. The first-order chi connectivity index (χ1) is 22.6. The lowest BCUT2D eigenvalue weighted by atomic mass is 9.58. The number of hydrogen-bond acceptors (Lipinski definition) is 11. The van der Waals surface area contributed by atoms with Crippen molar-refractivity contribution in [3.05, 3.63) is 112 Å². The zero-order valence-electron chi connectivity index (χ0n) is 26.2. The van der Waals surface area contributed by atoms with Gasteiger partial charge in [0.15, 0.2) is 22.9 Å². The van der Waals surface area contributed by atoms with E-state index < -0.39 is 40.8 Å². The van der Waals surface area contributed by atoms with Crippen molar-refractivity contribution >= 4 is 17.3 Å². The summed E-state index contributed by atoms with van der Waals surface area (Å²) < 4.78 is 23.4. The molecular weight excluding hydrogens is 602 g/mol. The molecule has 0 spiro atoms. The van der Waals surface area contributed by atoms with Crippen molar-refractivity contribution < 1.29 is 38.5 Å². The van der Waals surface area contributed by atoms with Gasteiger partial charge in [0.1, 0.15) is 30.3 Å². The molecular formula is C36H35N3O8. The third-order valence-corrected chi connectivity index (χ3v) is 9.53. The van der Waals surface area contributed by atoms with Crippen LogP contribution in [0, 0.1) is 11.8 Å². The minimum atomic E-state index is -2.45. The molecule has 1 heterocycles. The second kappa shape index (κ2) is 11.6. The molecule has 0 radical (unpaired) electrons. The number of aliphatic hydroxyl groups is 2. The molecule has 0 aliphatic heterocycles. The van der Waals surface area contributed by atoms with E-state index in [1.165, 1.54) is 7.11 Å². The van der Waals surface area contributed by atoms with Crippen LogP contribution in [0.3, 0.4) is 0 Å². The quantitative estimate of drug-likeness (QED) is 0.227. The summed E-state index contributed by atoms with van der Waals surface area (Å²) in [6.45, 7) is 0.240. The number of methoxy groups -OCH3 is 1. The Kier molecular flexibility index (Phi) is 7.53. The number of carbonyl (C=O) groups is 2. The van der Waals surface area contributed by atoms with Gasteiger partial charge in [0.25, 0.3) is 5.88 Å². The predicted octanol–water partition coefficient (Wildman–Crippen LogP) is 4.84. The first kappa shape index (κ1) is 30.5. The second-order valence-corrected chi connectivity index (χ2v) is 12.5. The number of aliphatic hydroxyl groups excluding tert-OH is 1. The maximum absolute atomic E-state index is 14.5. The predicted molar refractivity (Wildman–Crippen MR) is 170 cm³/mol. The number of ether oxygens (including phenoxy) is 3. The van der Waals surface area contributed by atoms with Gasteiger partial charge < -0.3 is 34.7 Å². The number of rotatable bonds is 8. The standard InChI is InChI=1S/C36H35N3O8/c1-39(2)29-23-15-21-14-22-25(44-3)16-24(37)31(45-17-19-10-6-4-7-11-19)27(22)30(40)26(21)33(41)36(23,43)34(42)28-32(29)47-38-35(28)46-18-20-12-8-5-9-13-20/h4-13,16,21,23,29,41,43H,14-15,17-18,37H2,1-3H3/t21-,23-,29-,36-/m0/s1. The fourth-order valence-corrected chi connectivity index (χ4v) is 7.36. The van der Waals surface area contributed by atoms with Crippen molar-refractivity contribution in [2.75, 3.05) is 26.9 Å². The molecule has 11 nitrogen and oxygen atoms in total. The topological polar surface area (TPSA) is 158 Å². The molecule has 0 saturated heterocycles. The number of benzene rings is 3. The maximum atomic E-state index is 14.5. The first-order valence-electron chi connectivity index (χ1n) is 15.4. The van der Waals surface area contributed by atoms with Crippen molar-refractivity contribution in [2.24, 2.45) is 11.8 Å². The van der Waals surface area contributed by atoms with E-state index in [0.29, 0.717) is 11.3 Å². The Hall–Kier alpha value is -5.13. The molecule has 47 heavy (non-hydrogen) atoms. The molecule has 0 saturated carbocycles. The summed E-state index contributed by atoms with van der Waals surface area (Å²) in [6.07, 6.45) is 0.463. The lowest BCUT2D eigenvalue weighted by molar-refractivity contribution is -0.0559. The van der Waals surface area contributed by atoms with Crippen molar-refractivity contribution in [1.82, 2.24) is 10.1 Å². The number of hydrogen-bond donors (Lipinski definition) is 3. The van der Waals surface area contributed by atoms with Crippen molar-refractivity contribution in [3.8, 4) is 17.4 Å². The SMILES string of the molecule is COc1cc(N)c(OCc2ccccc2)c2c1C[C@H]1C[C@H]3[C@H](N(C)C)c4onc(OCc5ccccc5)c4C(=O)[C@@]3(O)C(O)=C1C2=O. The van der Waals surface area contributed by atoms with Gasteiger partial charge in [0.2, 0.25) is 5.78 Å². The van der Waals surface area contributed by atoms with Crippen LogP contribution in [-0.4, -0.2) is 58.6 Å². The van der Waals surface area contributed by atoms with E-state index in [0.717, 1.165) is 11.1 Å². The highest BCUT2D eigenvalue weighted by Crippen LogP contribution is 2.57. The molecule has 0 fully saturated rings. The summed E-state index contributed by atoms with van der Waals surface area (Å²) in [6, 6.07) is 19.7. The highest BCUT2D eigenvalue weighted by molar-refractivity contribution is 6.17. The van der Waals surface area contributed by atoms with E-state index in [9.17, 15) is 19.8 Å². The van der Waals surface area contributed by atoms with E-state index >= 15 is 0 Å². The highest BCUT2D eigenvalue weighted by atomic mass is 16.5. The minimum absolute atomic E-state index is 0.0500. The fourth-order valence-electron chi connectivity index (χ4n) is 7.36. The van der Waals surface area contributed by atoms with Crippen LogP contribution in [0.4, 0.5) is 5.69 Å². The maximum Gasteiger partial charge on any atom is 0.265 e. The summed E-state index contributed by atoms with van der Waals surface area (Å²) in [5, 5.41) is 28.4. The van der Waals surface area contributed by atoms with Gasteiger partial charge in [0.05, 0.1) is 24.4 Å². The second-order valence-electron chi connectivity index (χ2n) is 12.5. The molecule has 11 heteroatoms. The minimum Gasteiger partial charge on any atom is -0.508 e. The Morgan fingerprint density at radius 2 is 1.64 bits per heavy atom. The zero-order chi connectivity index (χ0) is 33.0. The number of aromatic nitrogens is 1. The molecule has 0 unspecified atom stereocenters. The van der Waals surface area contributed by atoms with Crippen LogP contribution in [0.15, 0.2) is 82.6 Å². The largest absolute Gasteiger partial charge is 0.508 e. The molecule has 7 rings (SSSR count). The number of fused-ring (bicyclic) bond motifs is 4. The van der Waals surface area contributed by atoms with E-state index in [-0.39, 0.29) is 65.8 Å². The Morgan fingerprint density at radius 3 is 2.26 bits per heavy atom. The number of nitrogen functional groups attached to an aromatic ring is 1. The normalized spacial score (nSPS) is 23.1. The molecule has 4 aromatic rings. The van der Waals surface area contributed by atoms with Gasteiger partial charge in [-0.05, 0) is 49.1 Å². The average molecular weight is 638 g/mol. The Balaban J connectivity index is 1.32. The van der Waals surface area contributed by atoms with Crippen LogP contribution in [0.25, 0.3) is 0 Å². The molecule has 1 aromatic heterocycles. The molecule has 0 bridgehead atoms. The van der Waals surface area contributed by atoms with Crippen LogP contribution in [0.1, 0.15) is 55.6 Å². The molecule has 3 aromatic carbocycles. The summed E-state index contributed by atoms with van der Waals surface area (Å²) in [5.74, 6) is -2.83. The van der Waals surface area contributed by atoms with Crippen LogP contribution < -0.4 is 19.9 Å². The van der Waals surface area contributed by atoms with E-state index in [1.807, 2.05) is 60.7 Å². The molecule has 4 atom stereocenters. The third kappa shape index (κ3) is 4.76. The van der Waals surface area contributed by atoms with Gasteiger partial charge in [-0.25, -0.2) is 0 Å². The van der Waals surface area contributed by atoms with Crippen LogP contribution in [-0.2, 0) is 19.6 Å². The molecule has 3 aliphatic carbocycles. The van der Waals surface area contributed by atoms with Gasteiger partial charge in [0, 0.05) is 23.1 Å². The Bertz CT molecular complexity index is 1900.